The number of nitrogens with zero attached hydrogens (tertiary/aromatic N) is 4. The van der Waals surface area contributed by atoms with Crippen molar-refractivity contribution in [1.29, 1.82) is 0 Å². The molecular formula is C20H25N5O. The van der Waals surface area contributed by atoms with Crippen LogP contribution in [0.5, 0.6) is 0 Å². The molecule has 4 rings (SSSR count). The lowest BCUT2D eigenvalue weighted by atomic mass is 10.0. The van der Waals surface area contributed by atoms with E-state index in [1.807, 2.05) is 18.0 Å². The lowest BCUT2D eigenvalue weighted by Gasteiger charge is -2.31. The zero-order chi connectivity index (χ0) is 18.1. The number of benzene rings is 1. The Balaban J connectivity index is 1.53. The van der Waals surface area contributed by atoms with Gasteiger partial charge in [-0.25, -0.2) is 9.97 Å². The molecule has 1 unspecified atom stereocenters. The van der Waals surface area contributed by atoms with Gasteiger partial charge >= 0.3 is 0 Å². The highest BCUT2D eigenvalue weighted by Crippen LogP contribution is 2.36. The van der Waals surface area contributed by atoms with E-state index in [2.05, 4.69) is 45.3 Å². The molecule has 2 aromatic rings. The molecule has 6 heteroatoms. The molecule has 1 N–H and O–H groups in total. The van der Waals surface area contributed by atoms with Crippen LogP contribution in [-0.4, -0.2) is 53.0 Å². The number of fused-ring (bicyclic) bond motifs is 1. The number of para-hydroxylation sites is 1. The van der Waals surface area contributed by atoms with E-state index in [1.165, 1.54) is 5.56 Å². The molecule has 1 fully saturated rings. The normalized spacial score (nSPS) is 20.1. The Kier molecular flexibility index (Phi) is 4.59. The maximum Gasteiger partial charge on any atom is 0.256 e. The summed E-state index contributed by atoms with van der Waals surface area (Å²) in [6.07, 6.45) is 6.29. The van der Waals surface area contributed by atoms with Gasteiger partial charge in [-0.15, -0.1) is 0 Å². The van der Waals surface area contributed by atoms with Crippen molar-refractivity contribution < 1.29 is 4.79 Å². The monoisotopic (exact) mass is 351 g/mol. The Bertz CT molecular complexity index is 785. The Morgan fingerprint density at radius 3 is 2.62 bits per heavy atom. The third kappa shape index (κ3) is 3.05. The molecule has 6 nitrogen and oxygen atoms in total. The average Bonchev–Trinajstić information content (AvgIpc) is 3.03. The molecule has 0 saturated carbocycles. The van der Waals surface area contributed by atoms with Crippen molar-refractivity contribution in [3.8, 4) is 0 Å². The van der Waals surface area contributed by atoms with Gasteiger partial charge in [-0.2, -0.15) is 0 Å². The zero-order valence-corrected chi connectivity index (χ0v) is 15.4. The minimum atomic E-state index is -0.00156. The molecule has 0 spiro atoms. The first-order valence-corrected chi connectivity index (χ1v) is 9.32. The van der Waals surface area contributed by atoms with Crippen LogP contribution < -0.4 is 10.2 Å². The number of aromatic nitrogens is 2. The van der Waals surface area contributed by atoms with Crippen LogP contribution in [0.15, 0.2) is 36.7 Å². The number of piperidine rings is 1. The van der Waals surface area contributed by atoms with E-state index in [-0.39, 0.29) is 11.9 Å². The first-order chi connectivity index (χ1) is 12.6. The molecule has 1 atom stereocenters. The molecule has 0 radical (unpaired) electrons. The maximum atomic E-state index is 12.8. The number of nitrogens with one attached hydrogen (secondary N) is 1. The topological polar surface area (TPSA) is 61.4 Å². The fraction of sp³-hybridized carbons (Fsp3) is 0.450. The van der Waals surface area contributed by atoms with Crippen LogP contribution >= 0.6 is 0 Å². The van der Waals surface area contributed by atoms with Gasteiger partial charge in [-0.1, -0.05) is 18.2 Å². The van der Waals surface area contributed by atoms with Gasteiger partial charge in [0.25, 0.3) is 5.91 Å². The van der Waals surface area contributed by atoms with E-state index >= 15 is 0 Å². The minimum Gasteiger partial charge on any atom is -0.339 e. The first-order valence-electron chi connectivity index (χ1n) is 9.32. The molecular weight excluding hydrogens is 326 g/mol. The average molecular weight is 351 g/mol. The van der Waals surface area contributed by atoms with Crippen molar-refractivity contribution in [2.24, 2.45) is 0 Å². The Hall–Kier alpha value is -2.47. The number of hydrogen-bond acceptors (Lipinski definition) is 5. The van der Waals surface area contributed by atoms with Gasteiger partial charge < -0.3 is 15.1 Å². The molecule has 136 valence electrons. The second-order valence-electron chi connectivity index (χ2n) is 7.22. The maximum absolute atomic E-state index is 12.8. The minimum absolute atomic E-state index is 0.00156. The number of carbonyl (C=O) groups is 1. The van der Waals surface area contributed by atoms with E-state index in [1.54, 1.807) is 12.4 Å². The van der Waals surface area contributed by atoms with Gasteiger partial charge in [0.2, 0.25) is 5.95 Å². The first kappa shape index (κ1) is 17.0. The predicted octanol–water partition coefficient (Wildman–Crippen LogP) is 2.38. The number of rotatable bonds is 3. The summed E-state index contributed by atoms with van der Waals surface area (Å²) in [6, 6.07) is 8.95. The number of amides is 1. The molecule has 0 bridgehead atoms. The molecule has 26 heavy (non-hydrogen) atoms. The second-order valence-corrected chi connectivity index (χ2v) is 7.22. The Labute approximate surface area is 154 Å². The molecule has 0 aliphatic carbocycles. The van der Waals surface area contributed by atoms with Crippen molar-refractivity contribution in [1.82, 2.24) is 20.2 Å². The van der Waals surface area contributed by atoms with Crippen LogP contribution in [0, 0.1) is 0 Å². The highest BCUT2D eigenvalue weighted by atomic mass is 16.2. The van der Waals surface area contributed by atoms with Gasteiger partial charge in [0.15, 0.2) is 0 Å². The number of carbonyl (C=O) groups excluding carboxylic acids is 1. The van der Waals surface area contributed by atoms with Crippen molar-refractivity contribution in [2.75, 3.05) is 25.0 Å². The fourth-order valence-corrected chi connectivity index (χ4v) is 3.99. The summed E-state index contributed by atoms with van der Waals surface area (Å²) < 4.78 is 0. The standard InChI is InChI=1S/C20H25N5O/c1-14-11-15-5-3-4-6-18(15)25(14)20-22-12-16(13-23-20)19(26)24(2)17-7-9-21-10-8-17/h3-6,12-14,17,21H,7-11H2,1-2H3. The number of anilines is 2. The molecule has 1 aromatic heterocycles. The van der Waals surface area contributed by atoms with Crippen molar-refractivity contribution in [3.05, 3.63) is 47.8 Å². The van der Waals surface area contributed by atoms with Crippen molar-refractivity contribution in [2.45, 2.75) is 38.3 Å². The quantitative estimate of drug-likeness (QED) is 0.920. The molecule has 3 heterocycles. The lowest BCUT2D eigenvalue weighted by Crippen LogP contribution is -2.44. The lowest BCUT2D eigenvalue weighted by molar-refractivity contribution is 0.0702. The molecule has 1 aromatic carbocycles. The summed E-state index contributed by atoms with van der Waals surface area (Å²) in [5.74, 6) is 0.654. The van der Waals surface area contributed by atoms with Gasteiger partial charge in [0.1, 0.15) is 0 Å². The summed E-state index contributed by atoms with van der Waals surface area (Å²) in [7, 11) is 1.88. The fourth-order valence-electron chi connectivity index (χ4n) is 3.99. The molecule has 1 amide bonds. The molecule has 2 aliphatic heterocycles. The summed E-state index contributed by atoms with van der Waals surface area (Å²) in [4.78, 5) is 25.8. The SMILES string of the molecule is CC1Cc2ccccc2N1c1ncc(C(=O)N(C)C2CCNCC2)cn1. The summed E-state index contributed by atoms with van der Waals surface area (Å²) in [5.41, 5.74) is 3.02. The molecule has 2 aliphatic rings. The highest BCUT2D eigenvalue weighted by Gasteiger charge is 2.29. The smallest absolute Gasteiger partial charge is 0.256 e. The van der Waals surface area contributed by atoms with Crippen LogP contribution in [0.2, 0.25) is 0 Å². The van der Waals surface area contributed by atoms with Crippen LogP contribution in [0.1, 0.15) is 35.7 Å². The molecule has 1 saturated heterocycles. The van der Waals surface area contributed by atoms with Gasteiger partial charge in [-0.3, -0.25) is 4.79 Å². The van der Waals surface area contributed by atoms with Crippen LogP contribution in [0.25, 0.3) is 0 Å². The van der Waals surface area contributed by atoms with E-state index in [9.17, 15) is 4.79 Å². The van der Waals surface area contributed by atoms with Crippen molar-refractivity contribution >= 4 is 17.5 Å². The highest BCUT2D eigenvalue weighted by molar-refractivity contribution is 5.93. The number of hydrogen-bond donors (Lipinski definition) is 1. The summed E-state index contributed by atoms with van der Waals surface area (Å²) >= 11 is 0. The predicted molar refractivity (Wildman–Crippen MR) is 102 cm³/mol. The Morgan fingerprint density at radius 2 is 1.88 bits per heavy atom. The van der Waals surface area contributed by atoms with E-state index < -0.39 is 0 Å². The van der Waals surface area contributed by atoms with Gasteiger partial charge in [0, 0.05) is 37.2 Å². The van der Waals surface area contributed by atoms with Crippen LogP contribution in [0.3, 0.4) is 0 Å². The van der Waals surface area contributed by atoms with E-state index in [0.717, 1.165) is 38.0 Å². The summed E-state index contributed by atoms with van der Waals surface area (Å²) in [5, 5.41) is 3.33. The Morgan fingerprint density at radius 1 is 1.19 bits per heavy atom. The van der Waals surface area contributed by atoms with Crippen LogP contribution in [-0.2, 0) is 6.42 Å². The van der Waals surface area contributed by atoms with E-state index in [4.69, 9.17) is 0 Å². The third-order valence-corrected chi connectivity index (χ3v) is 5.48. The third-order valence-electron chi connectivity index (χ3n) is 5.48. The largest absolute Gasteiger partial charge is 0.339 e. The van der Waals surface area contributed by atoms with E-state index in [0.29, 0.717) is 17.6 Å². The van der Waals surface area contributed by atoms with Gasteiger partial charge in [-0.05, 0) is 50.9 Å². The van der Waals surface area contributed by atoms with Crippen LogP contribution in [0.4, 0.5) is 11.6 Å². The van der Waals surface area contributed by atoms with Crippen molar-refractivity contribution in [3.63, 3.8) is 0 Å². The summed E-state index contributed by atoms with van der Waals surface area (Å²) in [6.45, 7) is 4.10. The zero-order valence-electron chi connectivity index (χ0n) is 15.4. The second kappa shape index (κ2) is 7.03. The van der Waals surface area contributed by atoms with Gasteiger partial charge in [0.05, 0.1) is 5.56 Å².